The number of benzene rings is 2. The number of carbonyl (C=O) groups is 1. The van der Waals surface area contributed by atoms with Gasteiger partial charge in [0.15, 0.2) is 16.8 Å². The van der Waals surface area contributed by atoms with Crippen LogP contribution in [0.2, 0.25) is 0 Å². The number of para-hydroxylation sites is 1. The fraction of sp³-hybridized carbons (Fsp3) is 0.130. The van der Waals surface area contributed by atoms with Gasteiger partial charge >= 0.3 is 0 Å². The van der Waals surface area contributed by atoms with Crippen LogP contribution in [0.4, 0.5) is 4.39 Å². The molecule has 2 aromatic carbocycles. The Morgan fingerprint density at radius 3 is 2.53 bits per heavy atom. The Kier molecular flexibility index (Phi) is 6.29. The van der Waals surface area contributed by atoms with Crippen molar-refractivity contribution in [3.63, 3.8) is 0 Å². The minimum absolute atomic E-state index is 0.114. The summed E-state index contributed by atoms with van der Waals surface area (Å²) in [4.78, 5) is 16.4. The highest BCUT2D eigenvalue weighted by Gasteiger charge is 2.18. The Morgan fingerprint density at radius 1 is 0.967 bits per heavy atom. The summed E-state index contributed by atoms with van der Waals surface area (Å²) < 4.78 is 16.3. The molecule has 150 valence electrons. The summed E-state index contributed by atoms with van der Waals surface area (Å²) in [5, 5.41) is 9.14. The number of pyridine rings is 1. The van der Waals surface area contributed by atoms with E-state index >= 15 is 0 Å². The molecule has 0 N–H and O–H groups in total. The predicted octanol–water partition coefficient (Wildman–Crippen LogP) is 5.22. The number of hydrogen-bond donors (Lipinski definition) is 0. The molecule has 5 nitrogen and oxygen atoms in total. The minimum atomic E-state index is -0.358. The van der Waals surface area contributed by atoms with Crippen molar-refractivity contribution in [2.45, 2.75) is 18.0 Å². The van der Waals surface area contributed by atoms with Gasteiger partial charge in [0.2, 0.25) is 0 Å². The number of halogens is 1. The van der Waals surface area contributed by atoms with Gasteiger partial charge in [-0.3, -0.25) is 14.3 Å². The highest BCUT2D eigenvalue weighted by atomic mass is 32.2. The predicted molar refractivity (Wildman–Crippen MR) is 115 cm³/mol. The Hall–Kier alpha value is -3.32. The van der Waals surface area contributed by atoms with Crippen molar-refractivity contribution in [3.05, 3.63) is 90.5 Å². The molecule has 4 rings (SSSR count). The van der Waals surface area contributed by atoms with E-state index in [0.29, 0.717) is 35.3 Å². The second kappa shape index (κ2) is 9.45. The molecule has 30 heavy (non-hydrogen) atoms. The van der Waals surface area contributed by atoms with Crippen molar-refractivity contribution in [3.8, 4) is 17.1 Å². The number of thioether (sulfide) groups is 1. The number of nitrogens with zero attached hydrogens (tertiary/aromatic N) is 4. The molecule has 4 aromatic rings. The van der Waals surface area contributed by atoms with Crippen LogP contribution in [-0.4, -0.2) is 31.3 Å². The van der Waals surface area contributed by atoms with Crippen molar-refractivity contribution in [1.29, 1.82) is 0 Å². The van der Waals surface area contributed by atoms with Crippen LogP contribution in [-0.2, 0) is 0 Å². The molecule has 7 heteroatoms. The number of hydrogen-bond acceptors (Lipinski definition) is 5. The summed E-state index contributed by atoms with van der Waals surface area (Å²) in [7, 11) is 0. The zero-order valence-electron chi connectivity index (χ0n) is 16.1. The van der Waals surface area contributed by atoms with Gasteiger partial charge in [-0.05, 0) is 30.7 Å². The van der Waals surface area contributed by atoms with E-state index in [1.165, 1.54) is 17.8 Å². The Morgan fingerprint density at radius 2 is 1.77 bits per heavy atom. The molecule has 0 atom stereocenters. The SMILES string of the molecule is O=C(CCCSc1nnc(-c2cccnc2)n1-c1ccccc1F)c1ccccc1. The van der Waals surface area contributed by atoms with Gasteiger partial charge < -0.3 is 0 Å². The molecule has 0 amide bonds. The van der Waals surface area contributed by atoms with Gasteiger partial charge in [0, 0.05) is 35.7 Å². The number of carbonyl (C=O) groups excluding carboxylic acids is 1. The lowest BCUT2D eigenvalue weighted by molar-refractivity contribution is 0.0982. The van der Waals surface area contributed by atoms with Gasteiger partial charge in [-0.2, -0.15) is 0 Å². The molecule has 0 aliphatic rings. The Balaban J connectivity index is 1.53. The summed E-state index contributed by atoms with van der Waals surface area (Å²) in [6.45, 7) is 0. The first kappa shape index (κ1) is 20.0. The van der Waals surface area contributed by atoms with Gasteiger partial charge in [-0.15, -0.1) is 10.2 Å². The number of Topliss-reactive ketones (excluding diaryl/α,β-unsaturated/α-hetero) is 1. The maximum atomic E-state index is 14.6. The van der Waals surface area contributed by atoms with Crippen LogP contribution in [0.1, 0.15) is 23.2 Å². The normalized spacial score (nSPS) is 10.8. The van der Waals surface area contributed by atoms with E-state index in [2.05, 4.69) is 15.2 Å². The van der Waals surface area contributed by atoms with E-state index in [-0.39, 0.29) is 11.6 Å². The number of ketones is 1. The largest absolute Gasteiger partial charge is 0.294 e. The average Bonchev–Trinajstić information content (AvgIpc) is 3.21. The number of aromatic nitrogens is 4. The maximum absolute atomic E-state index is 14.6. The zero-order chi connectivity index (χ0) is 20.8. The molecular weight excluding hydrogens is 399 g/mol. The summed E-state index contributed by atoms with van der Waals surface area (Å²) >= 11 is 1.45. The minimum Gasteiger partial charge on any atom is -0.294 e. The second-order valence-electron chi connectivity index (χ2n) is 6.58. The maximum Gasteiger partial charge on any atom is 0.196 e. The van der Waals surface area contributed by atoms with Crippen LogP contribution in [0.15, 0.2) is 84.3 Å². The third-order valence-corrected chi connectivity index (χ3v) is 5.54. The van der Waals surface area contributed by atoms with Crippen molar-refractivity contribution >= 4 is 17.5 Å². The first-order valence-electron chi connectivity index (χ1n) is 9.56. The monoisotopic (exact) mass is 418 g/mol. The Bertz CT molecular complexity index is 1130. The molecule has 2 aromatic heterocycles. The van der Waals surface area contributed by atoms with Gasteiger partial charge in [0.05, 0.1) is 5.69 Å². The van der Waals surface area contributed by atoms with Gasteiger partial charge in [-0.25, -0.2) is 4.39 Å². The van der Waals surface area contributed by atoms with Crippen molar-refractivity contribution in [1.82, 2.24) is 19.7 Å². The highest BCUT2D eigenvalue weighted by Crippen LogP contribution is 2.29. The molecule has 2 heterocycles. The summed E-state index contributed by atoms with van der Waals surface area (Å²) in [5.41, 5.74) is 1.85. The molecule has 0 bridgehead atoms. The third-order valence-electron chi connectivity index (χ3n) is 4.52. The van der Waals surface area contributed by atoms with E-state index in [1.54, 1.807) is 41.2 Å². The smallest absolute Gasteiger partial charge is 0.196 e. The quantitative estimate of drug-likeness (QED) is 0.223. The van der Waals surface area contributed by atoms with Crippen LogP contribution in [0.3, 0.4) is 0 Å². The van der Waals surface area contributed by atoms with Gasteiger partial charge in [0.1, 0.15) is 5.82 Å². The molecule has 0 spiro atoms. The standard InChI is InChI=1S/C23H19FN4OS/c24-19-11-4-5-12-20(19)28-22(18-10-6-14-25-16-18)26-27-23(28)30-15-7-13-21(29)17-8-2-1-3-9-17/h1-6,8-12,14,16H,7,13,15H2. The average molecular weight is 418 g/mol. The molecule has 0 saturated carbocycles. The van der Waals surface area contributed by atoms with Crippen LogP contribution in [0.5, 0.6) is 0 Å². The van der Waals surface area contributed by atoms with E-state index in [1.807, 2.05) is 36.4 Å². The lowest BCUT2D eigenvalue weighted by Crippen LogP contribution is -2.03. The first-order chi connectivity index (χ1) is 14.7. The molecular formula is C23H19FN4OS. The fourth-order valence-corrected chi connectivity index (χ4v) is 3.94. The molecule has 0 aliphatic carbocycles. The van der Waals surface area contributed by atoms with E-state index in [4.69, 9.17) is 0 Å². The lowest BCUT2D eigenvalue weighted by atomic mass is 10.1. The molecule has 0 unspecified atom stereocenters. The van der Waals surface area contributed by atoms with Crippen molar-refractivity contribution in [2.75, 3.05) is 5.75 Å². The van der Waals surface area contributed by atoms with Crippen LogP contribution in [0.25, 0.3) is 17.1 Å². The zero-order valence-corrected chi connectivity index (χ0v) is 16.9. The van der Waals surface area contributed by atoms with Crippen molar-refractivity contribution in [2.24, 2.45) is 0 Å². The second-order valence-corrected chi connectivity index (χ2v) is 7.64. The molecule has 0 aliphatic heterocycles. The van der Waals surface area contributed by atoms with Crippen LogP contribution < -0.4 is 0 Å². The Labute approximate surface area is 178 Å². The highest BCUT2D eigenvalue weighted by molar-refractivity contribution is 7.99. The topological polar surface area (TPSA) is 60.7 Å². The van der Waals surface area contributed by atoms with Crippen LogP contribution >= 0.6 is 11.8 Å². The number of rotatable bonds is 8. The third kappa shape index (κ3) is 4.46. The van der Waals surface area contributed by atoms with Gasteiger partial charge in [-0.1, -0.05) is 54.2 Å². The molecule has 0 saturated heterocycles. The van der Waals surface area contributed by atoms with E-state index in [9.17, 15) is 9.18 Å². The van der Waals surface area contributed by atoms with E-state index < -0.39 is 0 Å². The first-order valence-corrected chi connectivity index (χ1v) is 10.5. The summed E-state index contributed by atoms with van der Waals surface area (Å²) in [5.74, 6) is 0.945. The van der Waals surface area contributed by atoms with Crippen LogP contribution in [0, 0.1) is 5.82 Å². The van der Waals surface area contributed by atoms with E-state index in [0.717, 1.165) is 11.1 Å². The fourth-order valence-electron chi connectivity index (χ4n) is 3.06. The molecule has 0 radical (unpaired) electrons. The van der Waals surface area contributed by atoms with Gasteiger partial charge in [0.25, 0.3) is 0 Å². The lowest BCUT2D eigenvalue weighted by Gasteiger charge is -2.11. The molecule has 0 fully saturated rings. The van der Waals surface area contributed by atoms with Crippen molar-refractivity contribution < 1.29 is 9.18 Å². The summed E-state index contributed by atoms with van der Waals surface area (Å²) in [6, 6.07) is 19.5. The summed E-state index contributed by atoms with van der Waals surface area (Å²) in [6.07, 6.45) is 4.48.